The summed E-state index contributed by atoms with van der Waals surface area (Å²) < 4.78 is 28.7. The molecular formula is C14H23NO3S. The fourth-order valence-electron chi connectivity index (χ4n) is 2.10. The van der Waals surface area contributed by atoms with E-state index >= 15 is 0 Å². The number of benzene rings is 1. The fourth-order valence-corrected chi connectivity index (χ4v) is 2.77. The van der Waals surface area contributed by atoms with Gasteiger partial charge in [0.05, 0.1) is 17.4 Å². The molecule has 4 nitrogen and oxygen atoms in total. The van der Waals surface area contributed by atoms with Crippen LogP contribution in [0.15, 0.2) is 24.3 Å². The Morgan fingerprint density at radius 1 is 1.32 bits per heavy atom. The van der Waals surface area contributed by atoms with E-state index in [2.05, 4.69) is 5.32 Å². The molecule has 0 saturated heterocycles. The highest BCUT2D eigenvalue weighted by Crippen LogP contribution is 2.36. The Morgan fingerprint density at radius 3 is 2.37 bits per heavy atom. The molecule has 1 aromatic rings. The Balaban J connectivity index is 3.32. The maximum absolute atomic E-state index is 12.0. The van der Waals surface area contributed by atoms with Crippen molar-refractivity contribution in [2.24, 2.45) is 0 Å². The molecule has 1 atom stereocenters. The molecule has 0 saturated carbocycles. The minimum Gasteiger partial charge on any atom is -0.494 e. The van der Waals surface area contributed by atoms with Crippen molar-refractivity contribution in [2.45, 2.75) is 31.6 Å². The Morgan fingerprint density at radius 2 is 1.89 bits per heavy atom. The SMILES string of the molecule is CCOc1ccccc1C(NC)C(C)(C)S(C)(=O)=O. The van der Waals surface area contributed by atoms with Gasteiger partial charge in [0.15, 0.2) is 9.84 Å². The van der Waals surface area contributed by atoms with Gasteiger partial charge < -0.3 is 10.1 Å². The first kappa shape index (κ1) is 16.0. The maximum atomic E-state index is 12.0. The zero-order valence-corrected chi connectivity index (χ0v) is 13.0. The van der Waals surface area contributed by atoms with Gasteiger partial charge in [0.1, 0.15) is 5.75 Å². The molecule has 0 aliphatic rings. The van der Waals surface area contributed by atoms with Gasteiger partial charge in [-0.05, 0) is 33.9 Å². The molecule has 1 unspecified atom stereocenters. The second kappa shape index (κ2) is 5.92. The third-order valence-corrected chi connectivity index (χ3v) is 5.62. The van der Waals surface area contributed by atoms with E-state index in [0.717, 1.165) is 11.3 Å². The summed E-state index contributed by atoms with van der Waals surface area (Å²) in [5.74, 6) is 0.723. The van der Waals surface area contributed by atoms with Crippen molar-refractivity contribution in [1.82, 2.24) is 5.32 Å². The molecule has 19 heavy (non-hydrogen) atoms. The van der Waals surface area contributed by atoms with Crippen LogP contribution in [-0.2, 0) is 9.84 Å². The van der Waals surface area contributed by atoms with Crippen LogP contribution in [0.3, 0.4) is 0 Å². The van der Waals surface area contributed by atoms with E-state index < -0.39 is 14.6 Å². The average Bonchev–Trinajstić information content (AvgIpc) is 2.31. The second-order valence-corrected chi connectivity index (χ2v) is 7.66. The third kappa shape index (κ3) is 3.28. The predicted octanol–water partition coefficient (Wildman–Crippen LogP) is 2.17. The van der Waals surface area contributed by atoms with Crippen molar-refractivity contribution in [2.75, 3.05) is 19.9 Å². The standard InChI is InChI=1S/C14H23NO3S/c1-6-18-12-10-8-7-9-11(12)13(15-4)14(2,3)19(5,16)17/h7-10,13,15H,6H2,1-5H3. The maximum Gasteiger partial charge on any atom is 0.154 e. The van der Waals surface area contributed by atoms with Gasteiger partial charge in [0.25, 0.3) is 0 Å². The minimum absolute atomic E-state index is 0.328. The molecule has 1 rings (SSSR count). The molecule has 0 fully saturated rings. The van der Waals surface area contributed by atoms with E-state index in [4.69, 9.17) is 4.74 Å². The molecule has 0 spiro atoms. The molecule has 0 aliphatic heterocycles. The minimum atomic E-state index is -3.21. The lowest BCUT2D eigenvalue weighted by Crippen LogP contribution is -2.44. The topological polar surface area (TPSA) is 55.4 Å². The van der Waals surface area contributed by atoms with Crippen LogP contribution in [-0.4, -0.2) is 33.1 Å². The van der Waals surface area contributed by atoms with Crippen molar-refractivity contribution >= 4 is 9.84 Å². The molecule has 0 amide bonds. The highest BCUT2D eigenvalue weighted by molar-refractivity contribution is 7.92. The molecule has 1 N–H and O–H groups in total. The molecule has 108 valence electrons. The summed E-state index contributed by atoms with van der Waals surface area (Å²) in [7, 11) is -1.45. The number of hydrogen-bond acceptors (Lipinski definition) is 4. The van der Waals surface area contributed by atoms with Gasteiger partial charge in [-0.25, -0.2) is 8.42 Å². The van der Waals surface area contributed by atoms with Gasteiger partial charge in [-0.1, -0.05) is 18.2 Å². The molecule has 0 heterocycles. The Bertz CT molecular complexity index is 523. The Labute approximate surface area is 116 Å². The molecule has 0 aromatic heterocycles. The number of rotatable bonds is 6. The van der Waals surface area contributed by atoms with E-state index in [1.165, 1.54) is 6.26 Å². The number of hydrogen-bond donors (Lipinski definition) is 1. The summed E-state index contributed by atoms with van der Waals surface area (Å²) in [6.45, 7) is 5.91. The van der Waals surface area contributed by atoms with E-state index in [0.29, 0.717) is 6.61 Å². The van der Waals surface area contributed by atoms with E-state index in [9.17, 15) is 8.42 Å². The van der Waals surface area contributed by atoms with Crippen molar-refractivity contribution in [1.29, 1.82) is 0 Å². The highest BCUT2D eigenvalue weighted by Gasteiger charge is 2.40. The molecule has 5 heteroatoms. The average molecular weight is 285 g/mol. The Hall–Kier alpha value is -1.07. The van der Waals surface area contributed by atoms with Crippen molar-refractivity contribution in [3.63, 3.8) is 0 Å². The molecular weight excluding hydrogens is 262 g/mol. The fraction of sp³-hybridized carbons (Fsp3) is 0.571. The number of para-hydroxylation sites is 1. The lowest BCUT2D eigenvalue weighted by atomic mass is 9.94. The first-order chi connectivity index (χ1) is 8.75. The first-order valence-corrected chi connectivity index (χ1v) is 8.23. The van der Waals surface area contributed by atoms with Crippen LogP contribution in [0.1, 0.15) is 32.4 Å². The first-order valence-electron chi connectivity index (χ1n) is 6.34. The quantitative estimate of drug-likeness (QED) is 0.870. The predicted molar refractivity (Wildman–Crippen MR) is 78.3 cm³/mol. The van der Waals surface area contributed by atoms with Crippen molar-refractivity contribution < 1.29 is 13.2 Å². The molecule has 0 aliphatic carbocycles. The third-order valence-electron chi connectivity index (χ3n) is 3.47. The smallest absolute Gasteiger partial charge is 0.154 e. The van der Waals surface area contributed by atoms with Crippen LogP contribution in [0.25, 0.3) is 0 Å². The number of ether oxygens (including phenoxy) is 1. The van der Waals surface area contributed by atoms with Crippen LogP contribution in [0, 0.1) is 0 Å². The van der Waals surface area contributed by atoms with Gasteiger partial charge in [-0.2, -0.15) is 0 Å². The lowest BCUT2D eigenvalue weighted by molar-refractivity contribution is 0.327. The van der Waals surface area contributed by atoms with Crippen molar-refractivity contribution in [3.05, 3.63) is 29.8 Å². The van der Waals surface area contributed by atoms with Crippen LogP contribution in [0.5, 0.6) is 5.75 Å². The number of sulfone groups is 1. The Kier molecular flexibility index (Phi) is 4.98. The number of nitrogens with one attached hydrogen (secondary N) is 1. The van der Waals surface area contributed by atoms with E-state index in [-0.39, 0.29) is 6.04 Å². The van der Waals surface area contributed by atoms with Crippen LogP contribution in [0.4, 0.5) is 0 Å². The van der Waals surface area contributed by atoms with Gasteiger partial charge in [-0.3, -0.25) is 0 Å². The van der Waals surface area contributed by atoms with E-state index in [1.54, 1.807) is 20.9 Å². The molecule has 0 radical (unpaired) electrons. The van der Waals surface area contributed by atoms with Gasteiger partial charge in [0, 0.05) is 11.8 Å². The summed E-state index contributed by atoms with van der Waals surface area (Å²) in [5, 5.41) is 3.10. The summed E-state index contributed by atoms with van der Waals surface area (Å²) >= 11 is 0. The lowest BCUT2D eigenvalue weighted by Gasteiger charge is -2.33. The normalized spacial score (nSPS) is 14.2. The molecule has 1 aromatic carbocycles. The van der Waals surface area contributed by atoms with Gasteiger partial charge >= 0.3 is 0 Å². The van der Waals surface area contributed by atoms with Gasteiger partial charge in [0.2, 0.25) is 0 Å². The largest absolute Gasteiger partial charge is 0.494 e. The summed E-state index contributed by atoms with van der Waals surface area (Å²) in [6, 6.07) is 7.21. The van der Waals surface area contributed by atoms with Gasteiger partial charge in [-0.15, -0.1) is 0 Å². The van der Waals surface area contributed by atoms with Crippen molar-refractivity contribution in [3.8, 4) is 5.75 Å². The zero-order valence-electron chi connectivity index (χ0n) is 12.2. The van der Waals surface area contributed by atoms with Crippen LogP contribution in [0.2, 0.25) is 0 Å². The summed E-state index contributed by atoms with van der Waals surface area (Å²) in [5.41, 5.74) is 0.863. The summed E-state index contributed by atoms with van der Waals surface area (Å²) in [4.78, 5) is 0. The highest BCUT2D eigenvalue weighted by atomic mass is 32.2. The second-order valence-electron chi connectivity index (χ2n) is 5.07. The summed E-state index contributed by atoms with van der Waals surface area (Å²) in [6.07, 6.45) is 1.26. The van der Waals surface area contributed by atoms with Crippen LogP contribution < -0.4 is 10.1 Å². The zero-order chi connectivity index (χ0) is 14.7. The monoisotopic (exact) mass is 285 g/mol. The van der Waals surface area contributed by atoms with E-state index in [1.807, 2.05) is 31.2 Å². The van der Waals surface area contributed by atoms with Crippen LogP contribution >= 0.6 is 0 Å². The molecule has 0 bridgehead atoms.